The summed E-state index contributed by atoms with van der Waals surface area (Å²) in [5.74, 6) is 0. The number of allylic oxidation sites excluding steroid dienone is 1. The van der Waals surface area contributed by atoms with Crippen molar-refractivity contribution in [3.05, 3.63) is 12.2 Å². The monoisotopic (exact) mass is 212 g/mol. The molecule has 0 aliphatic heterocycles. The van der Waals surface area contributed by atoms with Gasteiger partial charge in [0.1, 0.15) is 0 Å². The smallest absolute Gasteiger partial charge is 0.192 e. The minimum Gasteiger partial charge on any atom is -0.411 e. The molecule has 1 unspecified atom stereocenters. The molecule has 2 heteroatoms. The van der Waals surface area contributed by atoms with Crippen molar-refractivity contribution in [2.45, 2.75) is 64.3 Å². The highest BCUT2D eigenvalue weighted by molar-refractivity contribution is 6.74. The molecule has 0 bridgehead atoms. The molecule has 1 aliphatic rings. The van der Waals surface area contributed by atoms with E-state index in [1.807, 2.05) is 0 Å². The van der Waals surface area contributed by atoms with Crippen molar-refractivity contribution in [3.8, 4) is 0 Å². The van der Waals surface area contributed by atoms with Gasteiger partial charge in [-0.15, -0.1) is 0 Å². The molecule has 1 rings (SSSR count). The molecule has 82 valence electrons. The lowest BCUT2D eigenvalue weighted by Gasteiger charge is -2.39. The highest BCUT2D eigenvalue weighted by atomic mass is 28.4. The topological polar surface area (TPSA) is 9.23 Å². The van der Waals surface area contributed by atoms with Gasteiger partial charge in [-0.3, -0.25) is 0 Å². The summed E-state index contributed by atoms with van der Waals surface area (Å²) < 4.78 is 6.30. The molecule has 0 radical (unpaired) electrons. The third-order valence-electron chi connectivity index (χ3n) is 3.46. The van der Waals surface area contributed by atoms with Crippen molar-refractivity contribution in [1.29, 1.82) is 0 Å². The molecule has 0 aromatic heterocycles. The maximum absolute atomic E-state index is 6.30. The molecule has 0 saturated heterocycles. The molecular weight excluding hydrogens is 188 g/mol. The van der Waals surface area contributed by atoms with E-state index in [-0.39, 0.29) is 0 Å². The summed E-state index contributed by atoms with van der Waals surface area (Å²) >= 11 is 0. The Labute approximate surface area is 89.7 Å². The van der Waals surface area contributed by atoms with Crippen molar-refractivity contribution in [2.24, 2.45) is 0 Å². The summed E-state index contributed by atoms with van der Waals surface area (Å²) in [6, 6.07) is 0. The van der Waals surface area contributed by atoms with Gasteiger partial charge >= 0.3 is 0 Å². The Bertz CT molecular complexity index is 213. The third kappa shape index (κ3) is 2.96. The molecule has 0 heterocycles. The molecule has 14 heavy (non-hydrogen) atoms. The van der Waals surface area contributed by atoms with Crippen LogP contribution < -0.4 is 0 Å². The lowest BCUT2D eigenvalue weighted by molar-refractivity contribution is 0.207. The van der Waals surface area contributed by atoms with Gasteiger partial charge in [-0.2, -0.15) is 0 Å². The van der Waals surface area contributed by atoms with Gasteiger partial charge in [0, 0.05) is 0 Å². The fourth-order valence-electron chi connectivity index (χ4n) is 1.43. The number of hydrogen-bond acceptors (Lipinski definition) is 1. The van der Waals surface area contributed by atoms with Crippen LogP contribution in [0.1, 0.15) is 40.0 Å². The van der Waals surface area contributed by atoms with E-state index in [2.05, 4.69) is 46.0 Å². The number of hydrogen-bond donors (Lipinski definition) is 0. The number of rotatable bonds is 2. The van der Waals surface area contributed by atoms with Crippen LogP contribution in [0.15, 0.2) is 12.2 Å². The van der Waals surface area contributed by atoms with Gasteiger partial charge in [0.15, 0.2) is 8.32 Å². The lowest BCUT2D eigenvalue weighted by Crippen LogP contribution is -2.43. The Balaban J connectivity index is 2.58. The van der Waals surface area contributed by atoms with Crippen LogP contribution in [0, 0.1) is 0 Å². The average molecular weight is 212 g/mol. The predicted octanol–water partition coefficient (Wildman–Crippen LogP) is 4.12. The molecule has 1 nitrogen and oxygen atoms in total. The summed E-state index contributed by atoms with van der Waals surface area (Å²) in [7, 11) is -1.54. The van der Waals surface area contributed by atoms with E-state index in [1.54, 1.807) is 0 Å². The molecule has 1 atom stereocenters. The van der Waals surface area contributed by atoms with Crippen LogP contribution in [0.3, 0.4) is 0 Å². The maximum atomic E-state index is 6.30. The summed E-state index contributed by atoms with van der Waals surface area (Å²) in [5.41, 5.74) is 0. The zero-order valence-electron chi connectivity index (χ0n) is 10.3. The lowest BCUT2D eigenvalue weighted by atomic mass is 10.1. The standard InChI is InChI=1S/C12H24OSi/c1-12(2,3)14(4,5)13-11-9-7-6-8-10-11/h7,9,11H,6,8,10H2,1-5H3. The van der Waals surface area contributed by atoms with Gasteiger partial charge in [-0.1, -0.05) is 32.9 Å². The van der Waals surface area contributed by atoms with E-state index < -0.39 is 8.32 Å². The minimum atomic E-state index is -1.54. The third-order valence-corrected chi connectivity index (χ3v) is 7.97. The highest BCUT2D eigenvalue weighted by Crippen LogP contribution is 2.38. The molecular formula is C12H24OSi. The Hall–Kier alpha value is -0.0831. The van der Waals surface area contributed by atoms with E-state index in [0.29, 0.717) is 11.1 Å². The van der Waals surface area contributed by atoms with Gasteiger partial charge in [-0.05, 0) is 37.4 Å². The Kier molecular flexibility index (Phi) is 3.59. The van der Waals surface area contributed by atoms with Gasteiger partial charge < -0.3 is 4.43 Å². The van der Waals surface area contributed by atoms with Crippen LogP contribution in [-0.2, 0) is 4.43 Å². The van der Waals surface area contributed by atoms with Crippen LogP contribution in [0.5, 0.6) is 0 Å². The largest absolute Gasteiger partial charge is 0.411 e. The second-order valence-corrected chi connectivity index (χ2v) is 10.5. The SMILES string of the molecule is CC(C)(C)[Si](C)(C)OC1C=CCCC1. The Morgan fingerprint density at radius 1 is 1.29 bits per heavy atom. The Morgan fingerprint density at radius 2 is 1.93 bits per heavy atom. The van der Waals surface area contributed by atoms with Crippen molar-refractivity contribution >= 4 is 8.32 Å². The molecule has 0 amide bonds. The van der Waals surface area contributed by atoms with Gasteiger partial charge in [0.05, 0.1) is 6.10 Å². The van der Waals surface area contributed by atoms with Gasteiger partial charge in [0.25, 0.3) is 0 Å². The first-order valence-electron chi connectivity index (χ1n) is 5.67. The Morgan fingerprint density at radius 3 is 2.36 bits per heavy atom. The van der Waals surface area contributed by atoms with Crippen LogP contribution in [0.25, 0.3) is 0 Å². The zero-order valence-corrected chi connectivity index (χ0v) is 11.3. The quantitative estimate of drug-likeness (QED) is 0.494. The van der Waals surface area contributed by atoms with Crippen molar-refractivity contribution < 1.29 is 4.43 Å². The van der Waals surface area contributed by atoms with Crippen LogP contribution >= 0.6 is 0 Å². The average Bonchev–Trinajstić information content (AvgIpc) is 2.03. The van der Waals surface area contributed by atoms with Crippen molar-refractivity contribution in [1.82, 2.24) is 0 Å². The maximum Gasteiger partial charge on any atom is 0.192 e. The van der Waals surface area contributed by atoms with E-state index in [1.165, 1.54) is 19.3 Å². The molecule has 0 N–H and O–H groups in total. The molecule has 0 saturated carbocycles. The second kappa shape index (κ2) is 4.19. The predicted molar refractivity (Wildman–Crippen MR) is 65.1 cm³/mol. The summed E-state index contributed by atoms with van der Waals surface area (Å²) in [5, 5.41) is 0.332. The van der Waals surface area contributed by atoms with Crippen LogP contribution in [0.2, 0.25) is 18.1 Å². The zero-order chi connectivity index (χ0) is 10.8. The first kappa shape index (κ1) is 12.0. The first-order valence-corrected chi connectivity index (χ1v) is 8.58. The summed E-state index contributed by atoms with van der Waals surface area (Å²) in [4.78, 5) is 0. The second-order valence-electron chi connectivity index (χ2n) is 5.78. The molecule has 0 aromatic carbocycles. The van der Waals surface area contributed by atoms with E-state index >= 15 is 0 Å². The normalized spacial score (nSPS) is 23.9. The van der Waals surface area contributed by atoms with E-state index in [0.717, 1.165) is 0 Å². The van der Waals surface area contributed by atoms with Crippen molar-refractivity contribution in [3.63, 3.8) is 0 Å². The minimum absolute atomic E-state index is 0.332. The highest BCUT2D eigenvalue weighted by Gasteiger charge is 2.38. The van der Waals surface area contributed by atoms with E-state index in [4.69, 9.17) is 4.43 Å². The molecule has 1 aliphatic carbocycles. The van der Waals surface area contributed by atoms with Gasteiger partial charge in [-0.25, -0.2) is 0 Å². The first-order chi connectivity index (χ1) is 6.33. The fourth-order valence-corrected chi connectivity index (χ4v) is 2.74. The molecule has 0 aromatic rings. The van der Waals surface area contributed by atoms with E-state index in [9.17, 15) is 0 Å². The molecule has 0 spiro atoms. The fraction of sp³-hybridized carbons (Fsp3) is 0.833. The molecule has 0 fully saturated rings. The van der Waals surface area contributed by atoms with Crippen LogP contribution in [0.4, 0.5) is 0 Å². The summed E-state index contributed by atoms with van der Waals surface area (Å²) in [6.07, 6.45) is 8.64. The van der Waals surface area contributed by atoms with Crippen molar-refractivity contribution in [2.75, 3.05) is 0 Å². The summed E-state index contributed by atoms with van der Waals surface area (Å²) in [6.45, 7) is 11.5. The van der Waals surface area contributed by atoms with Gasteiger partial charge in [0.2, 0.25) is 0 Å². The van der Waals surface area contributed by atoms with Crippen LogP contribution in [-0.4, -0.2) is 14.4 Å².